The van der Waals surface area contributed by atoms with E-state index in [2.05, 4.69) is 5.32 Å². The predicted molar refractivity (Wildman–Crippen MR) is 129 cm³/mol. The highest BCUT2D eigenvalue weighted by Crippen LogP contribution is 2.30. The molecule has 3 aliphatic rings. The monoisotopic (exact) mass is 466 g/mol. The minimum absolute atomic E-state index is 0. The van der Waals surface area contributed by atoms with Crippen molar-refractivity contribution in [2.24, 2.45) is 5.92 Å². The summed E-state index contributed by atoms with van der Waals surface area (Å²) in [6.07, 6.45) is 7.87. The van der Waals surface area contributed by atoms with Crippen molar-refractivity contribution >= 4 is 44.6 Å². The number of piperidine rings is 1. The van der Waals surface area contributed by atoms with Crippen molar-refractivity contribution in [1.82, 2.24) is 10.2 Å². The third-order valence-corrected chi connectivity index (χ3v) is 6.56. The van der Waals surface area contributed by atoms with Crippen molar-refractivity contribution in [1.29, 1.82) is 0 Å². The summed E-state index contributed by atoms with van der Waals surface area (Å²) in [5.74, 6) is 0.0504. The molecule has 1 aromatic rings. The summed E-state index contributed by atoms with van der Waals surface area (Å²) in [7, 11) is 0. The number of fused-ring (bicyclic) bond motifs is 1. The second-order valence-electron chi connectivity index (χ2n) is 8.57. The lowest BCUT2D eigenvalue weighted by Crippen LogP contribution is -2.58. The van der Waals surface area contributed by atoms with Crippen LogP contribution in [0.3, 0.4) is 0 Å². The van der Waals surface area contributed by atoms with E-state index in [1.54, 1.807) is 17.0 Å². The van der Waals surface area contributed by atoms with Crippen molar-refractivity contribution in [3.8, 4) is 0 Å². The summed E-state index contributed by atoms with van der Waals surface area (Å²) < 4.78 is 5.60. The van der Waals surface area contributed by atoms with Gasteiger partial charge in [0.05, 0.1) is 6.10 Å². The van der Waals surface area contributed by atoms with Crippen LogP contribution in [0, 0.1) is 5.92 Å². The Morgan fingerprint density at radius 2 is 1.74 bits per heavy atom. The van der Waals surface area contributed by atoms with E-state index in [0.29, 0.717) is 24.4 Å². The minimum atomic E-state index is -0.599. The van der Waals surface area contributed by atoms with Crippen LogP contribution < -0.4 is 5.32 Å². The van der Waals surface area contributed by atoms with E-state index < -0.39 is 12.1 Å². The van der Waals surface area contributed by atoms with Crippen molar-refractivity contribution in [2.45, 2.75) is 69.6 Å². The Balaban J connectivity index is 0.00000171. The molecule has 1 N–H and O–H groups in total. The first-order chi connectivity index (χ1) is 14.1. The van der Waals surface area contributed by atoms with Gasteiger partial charge in [-0.05, 0) is 37.3 Å². The van der Waals surface area contributed by atoms with Crippen LogP contribution >= 0.6 is 27.0 Å². The largest absolute Gasteiger partial charge is 0.368 e. The summed E-state index contributed by atoms with van der Waals surface area (Å²) in [4.78, 5) is 40.4. The van der Waals surface area contributed by atoms with Gasteiger partial charge in [0.1, 0.15) is 18.7 Å². The zero-order valence-corrected chi connectivity index (χ0v) is 19.8. The fraction of sp³-hybridized carbons (Fsp3) is 0.609. The Kier molecular flexibility index (Phi) is 9.90. The third-order valence-electron chi connectivity index (χ3n) is 6.56. The number of nitrogens with one attached hydrogen (secondary N) is 1. The maximum Gasteiger partial charge on any atom is 0.251 e. The zero-order chi connectivity index (χ0) is 20.2. The molecule has 0 radical (unpaired) electrons. The number of carbonyl (C=O) groups excluding carboxylic acids is 3. The number of rotatable bonds is 5. The van der Waals surface area contributed by atoms with Crippen LogP contribution in [0.1, 0.15) is 61.7 Å². The van der Waals surface area contributed by atoms with E-state index in [0.717, 1.165) is 25.7 Å². The molecule has 1 aliphatic carbocycles. The molecule has 1 aromatic carbocycles. The van der Waals surface area contributed by atoms with Crippen LogP contribution in [-0.4, -0.2) is 53.8 Å². The molecule has 1 saturated carbocycles. The number of hydrogen-bond acceptors (Lipinski definition) is 4. The van der Waals surface area contributed by atoms with Crippen LogP contribution in [0.25, 0.3) is 0 Å². The first-order valence-electron chi connectivity index (χ1n) is 10.9. The van der Waals surface area contributed by atoms with Gasteiger partial charge in [0, 0.05) is 12.1 Å². The number of ketones is 1. The number of Topliss-reactive ketones (excluding diaryl/α,β-unsaturated/α-hetero) is 1. The molecular formula is C23H34N2O4S2. The highest BCUT2D eigenvalue weighted by molar-refractivity contribution is 7.59. The second kappa shape index (κ2) is 11.9. The molecule has 0 aromatic heterocycles. The van der Waals surface area contributed by atoms with E-state index >= 15 is 0 Å². The molecule has 2 saturated heterocycles. The van der Waals surface area contributed by atoms with Gasteiger partial charge in [0.2, 0.25) is 5.91 Å². The van der Waals surface area contributed by atoms with E-state index in [1.807, 2.05) is 18.2 Å². The van der Waals surface area contributed by atoms with Gasteiger partial charge < -0.3 is 15.0 Å². The molecule has 0 spiro atoms. The van der Waals surface area contributed by atoms with Crippen molar-refractivity contribution in [3.63, 3.8) is 0 Å². The molecule has 6 nitrogen and oxygen atoms in total. The van der Waals surface area contributed by atoms with Gasteiger partial charge in [-0.1, -0.05) is 50.3 Å². The fourth-order valence-corrected chi connectivity index (χ4v) is 5.05. The summed E-state index contributed by atoms with van der Waals surface area (Å²) >= 11 is 0. The van der Waals surface area contributed by atoms with Gasteiger partial charge in [0.15, 0.2) is 5.78 Å². The molecule has 0 unspecified atom stereocenters. The first kappa shape index (κ1) is 25.7. The molecule has 31 heavy (non-hydrogen) atoms. The Bertz CT molecular complexity index is 755. The summed E-state index contributed by atoms with van der Waals surface area (Å²) in [6.45, 7) is 0.639. The second-order valence-corrected chi connectivity index (χ2v) is 8.57. The highest BCUT2D eigenvalue weighted by atomic mass is 32.1. The molecule has 3 atom stereocenters. The Morgan fingerprint density at radius 1 is 1.03 bits per heavy atom. The van der Waals surface area contributed by atoms with Crippen LogP contribution in [-0.2, 0) is 14.3 Å². The fourth-order valence-electron chi connectivity index (χ4n) is 5.05. The molecule has 2 heterocycles. The van der Waals surface area contributed by atoms with Crippen molar-refractivity contribution < 1.29 is 19.1 Å². The molecule has 8 heteroatoms. The lowest BCUT2D eigenvalue weighted by Gasteiger charge is -2.38. The quantitative estimate of drug-likeness (QED) is 0.724. The van der Waals surface area contributed by atoms with Crippen LogP contribution in [0.2, 0.25) is 0 Å². The molecule has 4 rings (SSSR count). The lowest BCUT2D eigenvalue weighted by molar-refractivity contribution is -0.142. The van der Waals surface area contributed by atoms with E-state index in [1.165, 1.54) is 19.3 Å². The normalized spacial score (nSPS) is 24.4. The van der Waals surface area contributed by atoms with Gasteiger partial charge in [-0.25, -0.2) is 0 Å². The smallest absolute Gasteiger partial charge is 0.251 e. The van der Waals surface area contributed by atoms with Gasteiger partial charge in [-0.15, -0.1) is 0 Å². The number of nitrogens with zero attached hydrogens (tertiary/aromatic N) is 1. The minimum Gasteiger partial charge on any atom is -0.368 e. The molecule has 2 amide bonds. The van der Waals surface area contributed by atoms with Crippen LogP contribution in [0.5, 0.6) is 0 Å². The Labute approximate surface area is 198 Å². The molecule has 0 bridgehead atoms. The molecule has 3 fully saturated rings. The van der Waals surface area contributed by atoms with Crippen LogP contribution in [0.15, 0.2) is 30.3 Å². The van der Waals surface area contributed by atoms with Gasteiger partial charge >= 0.3 is 0 Å². The highest BCUT2D eigenvalue weighted by Gasteiger charge is 2.46. The molecular weight excluding hydrogens is 432 g/mol. The zero-order valence-electron chi connectivity index (χ0n) is 17.8. The number of carbonyl (C=O) groups is 3. The van der Waals surface area contributed by atoms with Gasteiger partial charge in [-0.2, -0.15) is 27.0 Å². The van der Waals surface area contributed by atoms with Crippen LogP contribution in [0.4, 0.5) is 0 Å². The summed E-state index contributed by atoms with van der Waals surface area (Å²) in [5.41, 5.74) is 0.547. The summed E-state index contributed by atoms with van der Waals surface area (Å²) in [6, 6.07) is 7.91. The Morgan fingerprint density at radius 3 is 2.45 bits per heavy atom. The number of ether oxygens (including phenoxy) is 1. The number of hydrogen-bond donors (Lipinski definition) is 1. The molecule has 2 aliphatic heterocycles. The van der Waals surface area contributed by atoms with Gasteiger partial charge in [-0.3, -0.25) is 14.4 Å². The van der Waals surface area contributed by atoms with Crippen molar-refractivity contribution in [3.05, 3.63) is 35.9 Å². The van der Waals surface area contributed by atoms with E-state index in [-0.39, 0.29) is 57.3 Å². The van der Waals surface area contributed by atoms with Crippen molar-refractivity contribution in [2.75, 3.05) is 13.2 Å². The lowest BCUT2D eigenvalue weighted by atomic mass is 9.84. The van der Waals surface area contributed by atoms with Gasteiger partial charge in [0.25, 0.3) is 5.91 Å². The maximum atomic E-state index is 13.5. The molecule has 172 valence electrons. The third kappa shape index (κ3) is 6.05. The Hall–Kier alpha value is -1.51. The van der Waals surface area contributed by atoms with E-state index in [9.17, 15) is 14.4 Å². The average Bonchev–Trinajstić information content (AvgIpc) is 3.15. The average molecular weight is 467 g/mol. The van der Waals surface area contributed by atoms with E-state index in [4.69, 9.17) is 4.74 Å². The predicted octanol–water partition coefficient (Wildman–Crippen LogP) is 2.94. The standard InChI is InChI=1S/C23H30N2O4.2H2S/c26-19-15-29-20-12-7-13-25(21(19)20)23(28)18(14-16-8-3-1-4-9-16)24-22(27)17-10-5-2-6-11-17;;/h2,5-6,10-11,16,18,20-21H,1,3-4,7-9,12-15H2,(H,24,27);2*1H2/t18-,20+,21+;;/m0../s1. The number of likely N-dealkylation sites (tertiary alicyclic amines) is 1. The number of benzene rings is 1. The first-order valence-corrected chi connectivity index (χ1v) is 10.9. The number of amides is 2. The maximum absolute atomic E-state index is 13.5. The SMILES string of the molecule is O=C(N[C@@H](CC1CCCCC1)C(=O)N1CCC[C@H]2OCC(=O)[C@H]21)c1ccccc1.S.S. The summed E-state index contributed by atoms with van der Waals surface area (Å²) in [5, 5.41) is 2.99. The topological polar surface area (TPSA) is 75.7 Å².